The molecule has 2 amide bonds. The predicted molar refractivity (Wildman–Crippen MR) is 155 cm³/mol. The fourth-order valence-corrected chi connectivity index (χ4v) is 4.96. The Morgan fingerprint density at radius 3 is 2.13 bits per heavy atom. The van der Waals surface area contributed by atoms with E-state index in [-0.39, 0.29) is 11.8 Å². The van der Waals surface area contributed by atoms with E-state index >= 15 is 0 Å². The molecule has 1 aliphatic heterocycles. The lowest BCUT2D eigenvalue weighted by atomic mass is 10.1. The number of hydrogen-bond acceptors (Lipinski definition) is 5. The second-order valence-corrected chi connectivity index (χ2v) is 10.5. The first-order valence-electron chi connectivity index (χ1n) is 12.6. The molecule has 0 bridgehead atoms. The molecule has 1 aliphatic rings. The lowest BCUT2D eigenvalue weighted by Crippen LogP contribution is -2.47. The zero-order chi connectivity index (χ0) is 27.2. The zero-order valence-electron chi connectivity index (χ0n) is 21.8. The van der Waals surface area contributed by atoms with Crippen LogP contribution in [0.3, 0.4) is 0 Å². The minimum absolute atomic E-state index is 0.178. The molecule has 2 N–H and O–H groups in total. The summed E-state index contributed by atoms with van der Waals surface area (Å²) in [4.78, 5) is 30.6. The molecule has 0 atom stereocenters. The number of anilines is 3. The first-order valence-corrected chi connectivity index (χ1v) is 13.3. The number of ether oxygens (including phenoxy) is 1. The Kier molecular flexibility index (Phi) is 9.02. The molecule has 1 heterocycles. The summed E-state index contributed by atoms with van der Waals surface area (Å²) in [6.45, 7) is 7.67. The van der Waals surface area contributed by atoms with Crippen LogP contribution in [0.5, 0.6) is 5.75 Å². The summed E-state index contributed by atoms with van der Waals surface area (Å²) < 4.78 is 5.54. The molecule has 1 fully saturated rings. The Hall–Kier alpha value is -3.42. The normalized spacial score (nSPS) is 13.4. The highest BCUT2D eigenvalue weighted by molar-refractivity contribution is 6.35. The molecule has 0 saturated carbocycles. The van der Waals surface area contributed by atoms with Gasteiger partial charge in [0.25, 0.3) is 11.8 Å². The van der Waals surface area contributed by atoms with Gasteiger partial charge < -0.3 is 25.2 Å². The number of nitrogens with zero attached hydrogens (tertiary/aromatic N) is 2. The highest BCUT2D eigenvalue weighted by Gasteiger charge is 2.24. The van der Waals surface area contributed by atoms with Gasteiger partial charge in [-0.25, -0.2) is 0 Å². The number of nitrogens with one attached hydrogen (secondary N) is 2. The molecular formula is C29H32Cl2N4O3. The maximum absolute atomic E-state index is 13.3. The summed E-state index contributed by atoms with van der Waals surface area (Å²) in [5.41, 5.74) is 3.25. The quantitative estimate of drug-likeness (QED) is 0.359. The average Bonchev–Trinajstić information content (AvgIpc) is 2.91. The van der Waals surface area contributed by atoms with Crippen LogP contribution in [0, 0.1) is 5.92 Å². The third-order valence-corrected chi connectivity index (χ3v) is 6.78. The first-order chi connectivity index (χ1) is 18.2. The largest absolute Gasteiger partial charge is 0.495 e. The van der Waals surface area contributed by atoms with Gasteiger partial charge in [0.2, 0.25) is 0 Å². The molecule has 9 heteroatoms. The number of carbonyl (C=O) groups excluding carboxylic acids is 2. The van der Waals surface area contributed by atoms with Crippen molar-refractivity contribution >= 4 is 52.1 Å². The molecule has 0 radical (unpaired) electrons. The van der Waals surface area contributed by atoms with E-state index in [1.165, 1.54) is 0 Å². The van der Waals surface area contributed by atoms with E-state index in [9.17, 15) is 9.59 Å². The average molecular weight is 556 g/mol. The van der Waals surface area contributed by atoms with Crippen LogP contribution in [-0.4, -0.2) is 51.6 Å². The fourth-order valence-electron chi connectivity index (χ4n) is 4.43. The molecule has 0 aliphatic carbocycles. The van der Waals surface area contributed by atoms with Gasteiger partial charge in [0.05, 0.1) is 18.4 Å². The van der Waals surface area contributed by atoms with E-state index in [1.807, 2.05) is 44.2 Å². The van der Waals surface area contributed by atoms with Gasteiger partial charge in [-0.05, 0) is 54.4 Å². The van der Waals surface area contributed by atoms with Gasteiger partial charge in [-0.3, -0.25) is 9.59 Å². The topological polar surface area (TPSA) is 73.9 Å². The first kappa shape index (κ1) is 27.6. The van der Waals surface area contributed by atoms with Gasteiger partial charge in [-0.15, -0.1) is 0 Å². The Morgan fingerprint density at radius 2 is 1.50 bits per heavy atom. The SMILES string of the molecule is COc1ccccc1N1CCN(c2ccc(NC(=O)c3cc(Cl)cc(Cl)c3)cc2C(=O)NCC(C)C)CC1. The number of benzene rings is 3. The minimum Gasteiger partial charge on any atom is -0.495 e. The van der Waals surface area contributed by atoms with Gasteiger partial charge >= 0.3 is 0 Å². The summed E-state index contributed by atoms with van der Waals surface area (Å²) >= 11 is 12.1. The third kappa shape index (κ3) is 6.71. The van der Waals surface area contributed by atoms with E-state index < -0.39 is 0 Å². The van der Waals surface area contributed by atoms with Crippen molar-refractivity contribution in [3.05, 3.63) is 81.8 Å². The van der Waals surface area contributed by atoms with E-state index in [4.69, 9.17) is 27.9 Å². The van der Waals surface area contributed by atoms with Crippen LogP contribution in [0.2, 0.25) is 10.0 Å². The monoisotopic (exact) mass is 554 g/mol. The van der Waals surface area contributed by atoms with Crippen LogP contribution in [0.1, 0.15) is 34.6 Å². The van der Waals surface area contributed by atoms with Crippen LogP contribution in [0.25, 0.3) is 0 Å². The minimum atomic E-state index is -0.360. The molecule has 3 aromatic rings. The molecule has 38 heavy (non-hydrogen) atoms. The Labute approximate surface area is 233 Å². The van der Waals surface area contributed by atoms with E-state index in [0.29, 0.717) is 39.3 Å². The smallest absolute Gasteiger partial charge is 0.255 e. The molecule has 3 aromatic carbocycles. The number of para-hydroxylation sites is 2. The Morgan fingerprint density at radius 1 is 0.868 bits per heavy atom. The molecule has 4 rings (SSSR count). The lowest BCUT2D eigenvalue weighted by Gasteiger charge is -2.38. The van der Waals surface area contributed by atoms with Crippen molar-refractivity contribution < 1.29 is 14.3 Å². The van der Waals surface area contributed by atoms with Crippen molar-refractivity contribution in [1.82, 2.24) is 5.32 Å². The number of carbonyl (C=O) groups is 2. The summed E-state index contributed by atoms with van der Waals surface area (Å²) in [5.74, 6) is 0.613. The Bertz CT molecular complexity index is 1290. The van der Waals surface area contributed by atoms with Gasteiger partial charge in [-0.2, -0.15) is 0 Å². The van der Waals surface area contributed by atoms with Crippen molar-refractivity contribution in [2.24, 2.45) is 5.92 Å². The molecule has 7 nitrogen and oxygen atoms in total. The van der Waals surface area contributed by atoms with Gasteiger partial charge in [-0.1, -0.05) is 49.2 Å². The molecular weight excluding hydrogens is 523 g/mol. The van der Waals surface area contributed by atoms with Crippen molar-refractivity contribution in [2.45, 2.75) is 13.8 Å². The maximum Gasteiger partial charge on any atom is 0.255 e. The number of rotatable bonds is 8. The number of amides is 2. The van der Waals surface area contributed by atoms with Crippen LogP contribution in [0.4, 0.5) is 17.1 Å². The van der Waals surface area contributed by atoms with Crippen LogP contribution >= 0.6 is 23.2 Å². The summed E-state index contributed by atoms with van der Waals surface area (Å²) in [7, 11) is 1.68. The predicted octanol–water partition coefficient (Wildman–Crippen LogP) is 5.97. The van der Waals surface area contributed by atoms with E-state index in [2.05, 4.69) is 26.5 Å². The summed E-state index contributed by atoms with van der Waals surface area (Å²) in [6.07, 6.45) is 0. The fraction of sp³-hybridized carbons (Fsp3) is 0.310. The lowest BCUT2D eigenvalue weighted by molar-refractivity contribution is 0.0948. The van der Waals surface area contributed by atoms with Crippen molar-refractivity contribution in [3.8, 4) is 5.75 Å². The second-order valence-electron chi connectivity index (χ2n) is 9.59. The third-order valence-electron chi connectivity index (χ3n) is 6.34. The summed E-state index contributed by atoms with van der Waals surface area (Å²) in [6, 6.07) is 18.1. The molecule has 0 aromatic heterocycles. The molecule has 200 valence electrons. The van der Waals surface area contributed by atoms with Gasteiger partial charge in [0.1, 0.15) is 5.75 Å². The van der Waals surface area contributed by atoms with Crippen molar-refractivity contribution in [3.63, 3.8) is 0 Å². The van der Waals surface area contributed by atoms with Gasteiger partial charge in [0, 0.05) is 59.7 Å². The molecule has 0 unspecified atom stereocenters. The Balaban J connectivity index is 1.55. The summed E-state index contributed by atoms with van der Waals surface area (Å²) in [5, 5.41) is 6.63. The number of halogens is 2. The van der Waals surface area contributed by atoms with E-state index in [0.717, 1.165) is 43.3 Å². The molecule has 1 saturated heterocycles. The number of methoxy groups -OCH3 is 1. The second kappa shape index (κ2) is 12.4. The highest BCUT2D eigenvalue weighted by Crippen LogP contribution is 2.31. The van der Waals surface area contributed by atoms with E-state index in [1.54, 1.807) is 31.4 Å². The highest BCUT2D eigenvalue weighted by atomic mass is 35.5. The maximum atomic E-state index is 13.3. The van der Waals surface area contributed by atoms with Gasteiger partial charge in [0.15, 0.2) is 0 Å². The van der Waals surface area contributed by atoms with Crippen LogP contribution < -0.4 is 25.2 Å². The number of hydrogen-bond donors (Lipinski definition) is 2. The zero-order valence-corrected chi connectivity index (χ0v) is 23.3. The number of piperazine rings is 1. The van der Waals surface area contributed by atoms with Crippen LogP contribution in [-0.2, 0) is 0 Å². The van der Waals surface area contributed by atoms with Crippen molar-refractivity contribution in [2.75, 3.05) is 55.0 Å². The van der Waals surface area contributed by atoms with Crippen LogP contribution in [0.15, 0.2) is 60.7 Å². The standard InChI is InChI=1S/C29H32Cl2N4O3/c1-19(2)18-32-29(37)24-17-23(33-28(36)20-14-21(30)16-22(31)15-20)8-9-25(24)34-10-12-35(13-11-34)26-6-4-5-7-27(26)38-3/h4-9,14-17,19H,10-13,18H2,1-3H3,(H,32,37)(H,33,36). The molecule has 0 spiro atoms. The van der Waals surface area contributed by atoms with Crippen molar-refractivity contribution in [1.29, 1.82) is 0 Å².